The first kappa shape index (κ1) is 13.3. The average Bonchev–Trinajstić information content (AvgIpc) is 2.96. The van der Waals surface area contributed by atoms with Gasteiger partial charge in [-0.3, -0.25) is 4.79 Å². The van der Waals surface area contributed by atoms with Crippen LogP contribution in [0.1, 0.15) is 21.5 Å². The number of rotatable bonds is 3. The van der Waals surface area contributed by atoms with Crippen LogP contribution in [0.2, 0.25) is 0 Å². The Morgan fingerprint density at radius 3 is 3.00 bits per heavy atom. The number of para-hydroxylation sites is 1. The molecule has 0 aliphatic carbocycles. The summed E-state index contributed by atoms with van der Waals surface area (Å²) in [5.74, 6) is 1.19. The molecule has 0 spiro atoms. The number of nitrogens with one attached hydrogen (secondary N) is 1. The van der Waals surface area contributed by atoms with Gasteiger partial charge in [0.05, 0.1) is 5.56 Å². The van der Waals surface area contributed by atoms with Crippen LogP contribution in [0.25, 0.3) is 0 Å². The Hall–Kier alpha value is -2.69. The molecule has 0 atom stereocenters. The van der Waals surface area contributed by atoms with Crippen molar-refractivity contribution in [3.63, 3.8) is 0 Å². The lowest BCUT2D eigenvalue weighted by Crippen LogP contribution is -2.24. The van der Waals surface area contributed by atoms with Crippen LogP contribution in [0.3, 0.4) is 0 Å². The SMILES string of the molecule is Cc1ccc(N)c(C(=O)NCc2cccc3c2OCO3)c1. The largest absolute Gasteiger partial charge is 0.454 e. The number of hydrogen-bond donors (Lipinski definition) is 2. The zero-order chi connectivity index (χ0) is 14.8. The van der Waals surface area contributed by atoms with Crippen molar-refractivity contribution in [3.05, 3.63) is 53.1 Å². The van der Waals surface area contributed by atoms with Crippen molar-refractivity contribution in [1.82, 2.24) is 5.32 Å². The monoisotopic (exact) mass is 284 g/mol. The third-order valence-corrected chi connectivity index (χ3v) is 3.37. The van der Waals surface area contributed by atoms with Crippen molar-refractivity contribution in [3.8, 4) is 11.5 Å². The molecule has 2 aromatic rings. The lowest BCUT2D eigenvalue weighted by molar-refractivity contribution is 0.0951. The number of anilines is 1. The van der Waals surface area contributed by atoms with E-state index in [0.717, 1.165) is 11.1 Å². The van der Waals surface area contributed by atoms with Gasteiger partial charge in [0.25, 0.3) is 5.91 Å². The van der Waals surface area contributed by atoms with Crippen LogP contribution in [0.5, 0.6) is 11.5 Å². The van der Waals surface area contributed by atoms with Crippen molar-refractivity contribution in [1.29, 1.82) is 0 Å². The van der Waals surface area contributed by atoms with Gasteiger partial charge in [-0.15, -0.1) is 0 Å². The van der Waals surface area contributed by atoms with Crippen molar-refractivity contribution in [2.45, 2.75) is 13.5 Å². The number of amides is 1. The van der Waals surface area contributed by atoms with Crippen LogP contribution >= 0.6 is 0 Å². The summed E-state index contributed by atoms with van der Waals surface area (Å²) in [6.45, 7) is 2.50. The normalized spacial score (nSPS) is 12.2. The second-order valence-electron chi connectivity index (χ2n) is 4.92. The molecule has 1 aliphatic rings. The van der Waals surface area contributed by atoms with E-state index in [2.05, 4.69) is 5.32 Å². The zero-order valence-electron chi connectivity index (χ0n) is 11.7. The maximum absolute atomic E-state index is 12.2. The van der Waals surface area contributed by atoms with E-state index >= 15 is 0 Å². The molecule has 1 amide bonds. The van der Waals surface area contributed by atoms with Crippen LogP contribution in [-0.4, -0.2) is 12.7 Å². The summed E-state index contributed by atoms with van der Waals surface area (Å²) in [7, 11) is 0. The van der Waals surface area contributed by atoms with Gasteiger partial charge in [-0.05, 0) is 25.1 Å². The summed E-state index contributed by atoms with van der Waals surface area (Å²) in [4.78, 5) is 12.2. The Bertz CT molecular complexity index is 698. The van der Waals surface area contributed by atoms with E-state index in [4.69, 9.17) is 15.2 Å². The number of fused-ring (bicyclic) bond motifs is 1. The first-order valence-corrected chi connectivity index (χ1v) is 6.67. The molecular weight excluding hydrogens is 268 g/mol. The van der Waals surface area contributed by atoms with Crippen LogP contribution in [0.15, 0.2) is 36.4 Å². The minimum absolute atomic E-state index is 0.201. The number of nitrogens with two attached hydrogens (primary N) is 1. The van der Waals surface area contributed by atoms with E-state index in [1.165, 1.54) is 0 Å². The number of ether oxygens (including phenoxy) is 2. The Balaban J connectivity index is 1.75. The highest BCUT2D eigenvalue weighted by atomic mass is 16.7. The van der Waals surface area contributed by atoms with E-state index in [1.807, 2.05) is 31.2 Å². The number of benzene rings is 2. The second-order valence-corrected chi connectivity index (χ2v) is 4.92. The van der Waals surface area contributed by atoms with E-state index in [9.17, 15) is 4.79 Å². The Labute approximate surface area is 122 Å². The van der Waals surface area contributed by atoms with Gasteiger partial charge in [-0.25, -0.2) is 0 Å². The average molecular weight is 284 g/mol. The predicted octanol–water partition coefficient (Wildman–Crippen LogP) is 2.24. The maximum atomic E-state index is 12.2. The molecular formula is C16H16N2O3. The Morgan fingerprint density at radius 2 is 2.14 bits per heavy atom. The highest BCUT2D eigenvalue weighted by Crippen LogP contribution is 2.35. The van der Waals surface area contributed by atoms with Crippen molar-refractivity contribution in [2.75, 3.05) is 12.5 Å². The molecule has 5 nitrogen and oxygen atoms in total. The zero-order valence-corrected chi connectivity index (χ0v) is 11.7. The molecule has 0 fully saturated rings. The van der Waals surface area contributed by atoms with Gasteiger partial charge in [0.15, 0.2) is 11.5 Å². The van der Waals surface area contributed by atoms with E-state index in [0.29, 0.717) is 29.3 Å². The summed E-state index contributed by atoms with van der Waals surface area (Å²) >= 11 is 0. The minimum Gasteiger partial charge on any atom is -0.454 e. The van der Waals surface area contributed by atoms with Crippen molar-refractivity contribution < 1.29 is 14.3 Å². The van der Waals surface area contributed by atoms with Gasteiger partial charge in [-0.2, -0.15) is 0 Å². The number of carbonyl (C=O) groups is 1. The number of nitrogen functional groups attached to an aromatic ring is 1. The molecule has 0 saturated heterocycles. The number of carbonyl (C=O) groups excluding carboxylic acids is 1. The summed E-state index contributed by atoms with van der Waals surface area (Å²) in [5.41, 5.74) is 8.67. The summed E-state index contributed by atoms with van der Waals surface area (Å²) < 4.78 is 10.7. The molecule has 21 heavy (non-hydrogen) atoms. The topological polar surface area (TPSA) is 73.6 Å². The molecule has 0 radical (unpaired) electrons. The van der Waals surface area contributed by atoms with Gasteiger partial charge < -0.3 is 20.5 Å². The molecule has 2 aromatic carbocycles. The highest BCUT2D eigenvalue weighted by molar-refractivity contribution is 5.99. The van der Waals surface area contributed by atoms with Gasteiger partial charge >= 0.3 is 0 Å². The number of hydrogen-bond acceptors (Lipinski definition) is 4. The van der Waals surface area contributed by atoms with E-state index in [-0.39, 0.29) is 12.7 Å². The van der Waals surface area contributed by atoms with Crippen LogP contribution in [-0.2, 0) is 6.54 Å². The fraction of sp³-hybridized carbons (Fsp3) is 0.188. The molecule has 3 N–H and O–H groups in total. The first-order chi connectivity index (χ1) is 10.1. The molecule has 0 unspecified atom stereocenters. The van der Waals surface area contributed by atoms with Crippen molar-refractivity contribution >= 4 is 11.6 Å². The molecule has 0 bridgehead atoms. The van der Waals surface area contributed by atoms with Gasteiger partial charge in [0.1, 0.15) is 0 Å². The van der Waals surface area contributed by atoms with Crippen molar-refractivity contribution in [2.24, 2.45) is 0 Å². The highest BCUT2D eigenvalue weighted by Gasteiger charge is 2.18. The van der Waals surface area contributed by atoms with Gasteiger partial charge in [0, 0.05) is 17.8 Å². The molecule has 1 aliphatic heterocycles. The smallest absolute Gasteiger partial charge is 0.253 e. The Kier molecular flexibility index (Phi) is 3.39. The minimum atomic E-state index is -0.201. The Morgan fingerprint density at radius 1 is 1.29 bits per heavy atom. The number of aryl methyl sites for hydroxylation is 1. The molecule has 108 valence electrons. The molecule has 0 aromatic heterocycles. The predicted molar refractivity (Wildman–Crippen MR) is 79.3 cm³/mol. The van der Waals surface area contributed by atoms with E-state index < -0.39 is 0 Å². The first-order valence-electron chi connectivity index (χ1n) is 6.67. The maximum Gasteiger partial charge on any atom is 0.253 e. The summed E-state index contributed by atoms with van der Waals surface area (Å²) in [6, 6.07) is 11.0. The summed E-state index contributed by atoms with van der Waals surface area (Å²) in [6.07, 6.45) is 0. The fourth-order valence-corrected chi connectivity index (χ4v) is 2.27. The molecule has 3 rings (SSSR count). The molecule has 1 heterocycles. The quantitative estimate of drug-likeness (QED) is 0.848. The van der Waals surface area contributed by atoms with Gasteiger partial charge in [-0.1, -0.05) is 23.8 Å². The molecule has 0 saturated carbocycles. The van der Waals surface area contributed by atoms with Gasteiger partial charge in [0.2, 0.25) is 6.79 Å². The summed E-state index contributed by atoms with van der Waals surface area (Å²) in [5, 5.41) is 2.86. The second kappa shape index (κ2) is 5.36. The lowest BCUT2D eigenvalue weighted by atomic mass is 10.1. The van der Waals surface area contributed by atoms with Crippen LogP contribution in [0.4, 0.5) is 5.69 Å². The lowest BCUT2D eigenvalue weighted by Gasteiger charge is -2.10. The fourth-order valence-electron chi connectivity index (χ4n) is 2.27. The van der Waals surface area contributed by atoms with E-state index in [1.54, 1.807) is 12.1 Å². The third-order valence-electron chi connectivity index (χ3n) is 3.37. The van der Waals surface area contributed by atoms with Crippen LogP contribution < -0.4 is 20.5 Å². The third kappa shape index (κ3) is 2.63. The van der Waals surface area contributed by atoms with Crippen LogP contribution in [0, 0.1) is 6.92 Å². The molecule has 5 heteroatoms. The standard InChI is InChI=1S/C16H16N2O3/c1-10-5-6-13(17)12(7-10)16(19)18-8-11-3-2-4-14-15(11)21-9-20-14/h2-7H,8-9,17H2,1H3,(H,18,19).